The van der Waals surface area contributed by atoms with Gasteiger partial charge in [-0.3, -0.25) is 9.97 Å². The molecule has 2 aromatic rings. The Kier molecular flexibility index (Phi) is 5.43. The first-order valence-electron chi connectivity index (χ1n) is 8.07. The second-order valence-electron chi connectivity index (χ2n) is 5.55. The average molecular weight is 330 g/mol. The monoisotopic (exact) mass is 330 g/mol. The number of anilines is 1. The molecule has 1 fully saturated rings. The second-order valence-corrected chi connectivity index (χ2v) is 5.55. The van der Waals surface area contributed by atoms with Crippen LogP contribution in [0.5, 0.6) is 11.6 Å². The molecule has 7 heteroatoms. The van der Waals surface area contributed by atoms with Crippen molar-refractivity contribution in [3.63, 3.8) is 0 Å². The molecular weight excluding hydrogens is 308 g/mol. The summed E-state index contributed by atoms with van der Waals surface area (Å²) in [5.41, 5.74) is 0. The normalized spacial score (nSPS) is 20.2. The zero-order valence-corrected chi connectivity index (χ0v) is 14.0. The van der Waals surface area contributed by atoms with Crippen LogP contribution in [0.3, 0.4) is 0 Å². The Morgan fingerprint density at radius 1 is 1.21 bits per heavy atom. The number of hydrogen-bond acceptors (Lipinski definition) is 7. The summed E-state index contributed by atoms with van der Waals surface area (Å²) < 4.78 is 16.9. The van der Waals surface area contributed by atoms with Crippen LogP contribution in [0.1, 0.15) is 13.3 Å². The van der Waals surface area contributed by atoms with Crippen molar-refractivity contribution in [2.75, 3.05) is 31.8 Å². The van der Waals surface area contributed by atoms with Crippen LogP contribution in [0.4, 0.5) is 5.82 Å². The third-order valence-electron chi connectivity index (χ3n) is 3.97. The Hall–Kier alpha value is -2.41. The van der Waals surface area contributed by atoms with Gasteiger partial charge in [-0.2, -0.15) is 4.98 Å². The third-order valence-corrected chi connectivity index (χ3v) is 3.97. The van der Waals surface area contributed by atoms with Gasteiger partial charge in [0.15, 0.2) is 5.82 Å². The lowest BCUT2D eigenvalue weighted by Gasteiger charge is -2.25. The smallest absolute Gasteiger partial charge is 0.234 e. The molecule has 2 atom stereocenters. The maximum Gasteiger partial charge on any atom is 0.234 e. The molecule has 24 heavy (non-hydrogen) atoms. The van der Waals surface area contributed by atoms with E-state index in [4.69, 9.17) is 14.2 Å². The summed E-state index contributed by atoms with van der Waals surface area (Å²) in [4.78, 5) is 15.0. The molecule has 0 N–H and O–H groups in total. The van der Waals surface area contributed by atoms with E-state index in [1.54, 1.807) is 31.9 Å². The predicted octanol–water partition coefficient (Wildman–Crippen LogP) is 1.94. The summed E-state index contributed by atoms with van der Waals surface area (Å²) >= 11 is 0. The van der Waals surface area contributed by atoms with Gasteiger partial charge in [-0.05, 0) is 25.5 Å². The highest BCUT2D eigenvalue weighted by atomic mass is 16.5. The summed E-state index contributed by atoms with van der Waals surface area (Å²) in [6, 6.07) is 3.91. The molecule has 128 valence electrons. The highest BCUT2D eigenvalue weighted by Crippen LogP contribution is 2.27. The van der Waals surface area contributed by atoms with Gasteiger partial charge in [-0.1, -0.05) is 0 Å². The Balaban J connectivity index is 1.72. The highest BCUT2D eigenvalue weighted by molar-refractivity contribution is 5.41. The number of methoxy groups -OCH3 is 1. The zero-order valence-electron chi connectivity index (χ0n) is 14.0. The summed E-state index contributed by atoms with van der Waals surface area (Å²) in [5.74, 6) is 2.07. The van der Waals surface area contributed by atoms with Crippen molar-refractivity contribution in [2.45, 2.75) is 25.5 Å². The van der Waals surface area contributed by atoms with E-state index in [1.165, 1.54) is 0 Å². The van der Waals surface area contributed by atoms with E-state index in [1.807, 2.05) is 19.1 Å². The van der Waals surface area contributed by atoms with Crippen molar-refractivity contribution in [3.8, 4) is 11.6 Å². The van der Waals surface area contributed by atoms with E-state index in [0.717, 1.165) is 24.5 Å². The van der Waals surface area contributed by atoms with Gasteiger partial charge in [0.25, 0.3) is 0 Å². The lowest BCUT2D eigenvalue weighted by atomic mass is 10.2. The maximum absolute atomic E-state index is 5.87. The Morgan fingerprint density at radius 2 is 2.12 bits per heavy atom. The number of pyridine rings is 1. The quantitative estimate of drug-likeness (QED) is 0.768. The summed E-state index contributed by atoms with van der Waals surface area (Å²) in [6.45, 7) is 3.77. The van der Waals surface area contributed by atoms with Crippen LogP contribution < -0.4 is 14.4 Å². The Bertz CT molecular complexity index is 641. The van der Waals surface area contributed by atoms with Crippen molar-refractivity contribution in [2.24, 2.45) is 0 Å². The van der Waals surface area contributed by atoms with Gasteiger partial charge in [0.2, 0.25) is 5.88 Å². The van der Waals surface area contributed by atoms with E-state index in [2.05, 4.69) is 19.9 Å². The topological polar surface area (TPSA) is 69.6 Å². The van der Waals surface area contributed by atoms with E-state index in [0.29, 0.717) is 19.1 Å². The molecule has 3 heterocycles. The van der Waals surface area contributed by atoms with Crippen LogP contribution in [-0.2, 0) is 4.74 Å². The number of hydrogen-bond donors (Lipinski definition) is 0. The fourth-order valence-electron chi connectivity index (χ4n) is 2.80. The first kappa shape index (κ1) is 16.4. The van der Waals surface area contributed by atoms with Gasteiger partial charge in [0.1, 0.15) is 12.4 Å². The number of rotatable bonds is 7. The van der Waals surface area contributed by atoms with Gasteiger partial charge >= 0.3 is 0 Å². The van der Waals surface area contributed by atoms with E-state index < -0.39 is 0 Å². The molecule has 1 aliphatic heterocycles. The molecule has 1 aliphatic rings. The fourth-order valence-corrected chi connectivity index (χ4v) is 2.80. The van der Waals surface area contributed by atoms with Crippen LogP contribution in [0.2, 0.25) is 0 Å². The number of nitrogens with zero attached hydrogens (tertiary/aromatic N) is 4. The van der Waals surface area contributed by atoms with Crippen LogP contribution in [0.25, 0.3) is 0 Å². The SMILES string of the molecule is CCOc1cncc(N2C[C@H](OC)C[C@H]2COc2cccnc2)n1. The highest BCUT2D eigenvalue weighted by Gasteiger charge is 2.34. The van der Waals surface area contributed by atoms with Crippen molar-refractivity contribution in [1.82, 2.24) is 15.0 Å². The van der Waals surface area contributed by atoms with Gasteiger partial charge < -0.3 is 19.1 Å². The van der Waals surface area contributed by atoms with E-state index in [-0.39, 0.29) is 12.1 Å². The van der Waals surface area contributed by atoms with Crippen LogP contribution in [0, 0.1) is 0 Å². The maximum atomic E-state index is 5.87. The van der Waals surface area contributed by atoms with Crippen molar-refractivity contribution >= 4 is 5.82 Å². The van der Waals surface area contributed by atoms with Gasteiger partial charge in [0, 0.05) is 19.9 Å². The van der Waals surface area contributed by atoms with Crippen molar-refractivity contribution in [1.29, 1.82) is 0 Å². The largest absolute Gasteiger partial charge is 0.490 e. The minimum atomic E-state index is 0.144. The van der Waals surface area contributed by atoms with Crippen LogP contribution in [-0.4, -0.2) is 54.0 Å². The fraction of sp³-hybridized carbons (Fsp3) is 0.471. The molecule has 0 unspecified atom stereocenters. The minimum Gasteiger partial charge on any atom is -0.490 e. The standard InChI is InChI=1S/C17H22N4O3/c1-3-23-17-10-19-9-16(20-17)21-11-15(22-2)7-13(21)12-24-14-5-4-6-18-8-14/h4-6,8-10,13,15H,3,7,11-12H2,1-2H3/t13-,15+/m0/s1. The third kappa shape index (κ3) is 3.91. The molecule has 0 spiro atoms. The lowest BCUT2D eigenvalue weighted by Crippen LogP contribution is -2.35. The molecule has 0 bridgehead atoms. The Morgan fingerprint density at radius 3 is 2.88 bits per heavy atom. The van der Waals surface area contributed by atoms with Gasteiger partial charge in [0.05, 0.1) is 37.3 Å². The summed E-state index contributed by atoms with van der Waals surface area (Å²) in [7, 11) is 1.73. The molecule has 0 saturated carbocycles. The summed E-state index contributed by atoms with van der Waals surface area (Å²) in [6.07, 6.45) is 7.82. The van der Waals surface area contributed by atoms with Gasteiger partial charge in [-0.15, -0.1) is 0 Å². The molecule has 0 aliphatic carbocycles. The average Bonchev–Trinajstić information content (AvgIpc) is 3.05. The number of aromatic nitrogens is 3. The zero-order chi connectivity index (χ0) is 16.8. The molecule has 7 nitrogen and oxygen atoms in total. The van der Waals surface area contributed by atoms with Crippen molar-refractivity contribution in [3.05, 3.63) is 36.9 Å². The number of ether oxygens (including phenoxy) is 3. The molecule has 0 radical (unpaired) electrons. The molecular formula is C17H22N4O3. The van der Waals surface area contributed by atoms with Crippen LogP contribution >= 0.6 is 0 Å². The van der Waals surface area contributed by atoms with Crippen LogP contribution in [0.15, 0.2) is 36.9 Å². The predicted molar refractivity (Wildman–Crippen MR) is 89.5 cm³/mol. The first-order valence-corrected chi connectivity index (χ1v) is 8.07. The van der Waals surface area contributed by atoms with Gasteiger partial charge in [-0.25, -0.2) is 0 Å². The minimum absolute atomic E-state index is 0.144. The lowest BCUT2D eigenvalue weighted by molar-refractivity contribution is 0.115. The molecule has 3 rings (SSSR count). The molecule has 0 amide bonds. The van der Waals surface area contributed by atoms with Crippen molar-refractivity contribution < 1.29 is 14.2 Å². The first-order chi connectivity index (χ1) is 11.8. The molecule has 0 aromatic carbocycles. The van der Waals surface area contributed by atoms with E-state index >= 15 is 0 Å². The summed E-state index contributed by atoms with van der Waals surface area (Å²) in [5, 5.41) is 0. The van der Waals surface area contributed by atoms with E-state index in [9.17, 15) is 0 Å². The molecule has 1 saturated heterocycles. The molecule has 2 aromatic heterocycles. The Labute approximate surface area is 141 Å². The second kappa shape index (κ2) is 7.92.